The quantitative estimate of drug-likeness (QED) is 0.559. The van der Waals surface area contributed by atoms with E-state index in [1.54, 1.807) is 55.5 Å². The van der Waals surface area contributed by atoms with Crippen LogP contribution in [0.2, 0.25) is 0 Å². The van der Waals surface area contributed by atoms with Crippen molar-refractivity contribution >= 4 is 18.3 Å². The van der Waals surface area contributed by atoms with Crippen LogP contribution in [0.4, 0.5) is 4.79 Å². The molecule has 30 heavy (non-hydrogen) atoms. The van der Waals surface area contributed by atoms with Gasteiger partial charge in [0.15, 0.2) is 0 Å². The lowest BCUT2D eigenvalue weighted by molar-refractivity contribution is -0.108. The van der Waals surface area contributed by atoms with Crippen LogP contribution in [0.3, 0.4) is 0 Å². The third-order valence-corrected chi connectivity index (χ3v) is 4.55. The molecule has 8 heteroatoms. The molecule has 4 amide bonds. The van der Waals surface area contributed by atoms with Crippen LogP contribution in [-0.4, -0.2) is 50.1 Å². The van der Waals surface area contributed by atoms with Crippen LogP contribution in [0.25, 0.3) is 0 Å². The van der Waals surface area contributed by atoms with E-state index < -0.39 is 12.1 Å². The highest BCUT2D eigenvalue weighted by molar-refractivity contribution is 5.98. The first-order valence-electron chi connectivity index (χ1n) is 9.16. The van der Waals surface area contributed by atoms with Gasteiger partial charge in [-0.2, -0.15) is 0 Å². The van der Waals surface area contributed by atoms with Crippen molar-refractivity contribution in [2.75, 3.05) is 20.8 Å². The number of nitrogens with zero attached hydrogens (tertiary/aromatic N) is 1. The van der Waals surface area contributed by atoms with Crippen LogP contribution in [0, 0.1) is 11.8 Å². The first-order chi connectivity index (χ1) is 14.5. The van der Waals surface area contributed by atoms with Gasteiger partial charge in [-0.1, -0.05) is 24.0 Å². The number of carbonyl (C=O) groups excluding carboxylic acids is 3. The Morgan fingerprint density at radius 1 is 1.20 bits per heavy atom. The number of benzene rings is 2. The predicted molar refractivity (Wildman–Crippen MR) is 109 cm³/mol. The Labute approximate surface area is 174 Å². The van der Waals surface area contributed by atoms with Crippen LogP contribution in [-0.2, 0) is 11.3 Å². The molecule has 2 aromatic rings. The molecule has 2 N–H and O–H groups in total. The van der Waals surface area contributed by atoms with Gasteiger partial charge in [-0.05, 0) is 35.9 Å². The molecule has 2 aromatic carbocycles. The zero-order valence-electron chi connectivity index (χ0n) is 16.6. The van der Waals surface area contributed by atoms with E-state index in [2.05, 4.69) is 17.2 Å². The van der Waals surface area contributed by atoms with Gasteiger partial charge in [0.1, 0.15) is 17.5 Å². The third kappa shape index (κ3) is 4.89. The first kappa shape index (κ1) is 20.7. The van der Waals surface area contributed by atoms with E-state index in [1.807, 2.05) is 11.4 Å². The fourth-order valence-electron chi connectivity index (χ4n) is 3.09. The summed E-state index contributed by atoms with van der Waals surface area (Å²) in [5.74, 6) is 7.02. The monoisotopic (exact) mass is 407 g/mol. The molecule has 154 valence electrons. The summed E-state index contributed by atoms with van der Waals surface area (Å²) >= 11 is 0. The highest BCUT2D eigenvalue weighted by atomic mass is 16.5. The predicted octanol–water partition coefficient (Wildman–Crippen LogP) is 1.54. The molecule has 0 unspecified atom stereocenters. The summed E-state index contributed by atoms with van der Waals surface area (Å²) in [5.41, 5.74) is 2.13. The fourth-order valence-corrected chi connectivity index (χ4v) is 3.09. The largest absolute Gasteiger partial charge is 0.497 e. The Balaban J connectivity index is 1.79. The van der Waals surface area contributed by atoms with Crippen molar-refractivity contribution < 1.29 is 23.9 Å². The van der Waals surface area contributed by atoms with E-state index >= 15 is 0 Å². The van der Waals surface area contributed by atoms with Crippen LogP contribution in [0.5, 0.6) is 11.5 Å². The van der Waals surface area contributed by atoms with Crippen molar-refractivity contribution in [2.45, 2.75) is 12.6 Å². The summed E-state index contributed by atoms with van der Waals surface area (Å²) in [6.07, 6.45) is 0.283. The Kier molecular flexibility index (Phi) is 6.55. The SMILES string of the molecule is COc1cccc(C#C[C@H](CN2Cc3ccc(OC)cc3C2=O)NC(=O)NC=O)c1. The summed E-state index contributed by atoms with van der Waals surface area (Å²) in [6.45, 7) is 0.547. The lowest BCUT2D eigenvalue weighted by Gasteiger charge is -2.21. The number of fused-ring (bicyclic) bond motifs is 1. The topological polar surface area (TPSA) is 97.0 Å². The Morgan fingerprint density at radius 2 is 1.97 bits per heavy atom. The van der Waals surface area contributed by atoms with Crippen LogP contribution in [0.1, 0.15) is 21.5 Å². The zero-order valence-corrected chi connectivity index (χ0v) is 16.6. The number of amides is 4. The Hall–Kier alpha value is -3.99. The maximum absolute atomic E-state index is 12.8. The summed E-state index contributed by atoms with van der Waals surface area (Å²) in [6, 6.07) is 11.1. The molecule has 0 bridgehead atoms. The molecule has 0 aliphatic carbocycles. The third-order valence-electron chi connectivity index (χ3n) is 4.55. The van der Waals surface area contributed by atoms with Crippen molar-refractivity contribution in [3.05, 3.63) is 59.2 Å². The molecule has 0 fully saturated rings. The van der Waals surface area contributed by atoms with Crippen LogP contribution >= 0.6 is 0 Å². The molecule has 0 saturated carbocycles. The number of imide groups is 1. The average molecular weight is 407 g/mol. The van der Waals surface area contributed by atoms with Gasteiger partial charge >= 0.3 is 6.03 Å². The molecular formula is C22H21N3O5. The average Bonchev–Trinajstić information content (AvgIpc) is 3.07. The smallest absolute Gasteiger partial charge is 0.322 e. The molecule has 0 aromatic heterocycles. The summed E-state index contributed by atoms with van der Waals surface area (Å²) < 4.78 is 10.4. The second-order valence-corrected chi connectivity index (χ2v) is 6.50. The molecule has 1 aliphatic rings. The van der Waals surface area contributed by atoms with Crippen LogP contribution in [0.15, 0.2) is 42.5 Å². The summed E-state index contributed by atoms with van der Waals surface area (Å²) in [5, 5.41) is 4.63. The minimum atomic E-state index is -0.698. The van der Waals surface area contributed by atoms with Crippen molar-refractivity contribution in [3.8, 4) is 23.3 Å². The van der Waals surface area contributed by atoms with Gasteiger partial charge in [0.25, 0.3) is 5.91 Å². The fraction of sp³-hybridized carbons (Fsp3) is 0.227. The van der Waals surface area contributed by atoms with Gasteiger partial charge in [-0.3, -0.25) is 14.9 Å². The van der Waals surface area contributed by atoms with Crippen molar-refractivity contribution in [2.24, 2.45) is 0 Å². The van der Waals surface area contributed by atoms with Gasteiger partial charge in [0.2, 0.25) is 6.41 Å². The maximum Gasteiger partial charge on any atom is 0.322 e. The normalized spacial score (nSPS) is 12.9. The standard InChI is InChI=1S/C22H21N3O5/c1-29-18-5-3-4-15(10-18)6-8-17(24-22(28)23-14-26)13-25-12-16-7-9-19(30-2)11-20(16)21(25)27/h3-5,7,9-11,14,17H,12-13H2,1-2H3,(H2,23,24,26,28)/t17-/m1/s1. The van der Waals surface area contributed by atoms with Gasteiger partial charge in [-0.15, -0.1) is 0 Å². The lowest BCUT2D eigenvalue weighted by Crippen LogP contribution is -2.46. The second-order valence-electron chi connectivity index (χ2n) is 6.50. The van der Waals surface area contributed by atoms with Crippen molar-refractivity contribution in [1.29, 1.82) is 0 Å². The number of methoxy groups -OCH3 is 2. The van der Waals surface area contributed by atoms with E-state index in [1.165, 1.54) is 0 Å². The minimum Gasteiger partial charge on any atom is -0.497 e. The number of carbonyl (C=O) groups is 3. The Bertz CT molecular complexity index is 1020. The molecule has 1 atom stereocenters. The molecule has 3 rings (SSSR count). The van der Waals surface area contributed by atoms with Gasteiger partial charge in [0, 0.05) is 17.7 Å². The highest BCUT2D eigenvalue weighted by Crippen LogP contribution is 2.26. The van der Waals surface area contributed by atoms with E-state index in [4.69, 9.17) is 9.47 Å². The minimum absolute atomic E-state index is 0.152. The summed E-state index contributed by atoms with van der Waals surface area (Å²) in [4.78, 5) is 36.8. The van der Waals surface area contributed by atoms with Gasteiger partial charge in [-0.25, -0.2) is 4.79 Å². The van der Waals surface area contributed by atoms with E-state index in [0.29, 0.717) is 29.2 Å². The van der Waals surface area contributed by atoms with Gasteiger partial charge in [0.05, 0.1) is 20.8 Å². The number of urea groups is 1. The first-order valence-corrected chi connectivity index (χ1v) is 9.16. The van der Waals surface area contributed by atoms with Crippen molar-refractivity contribution in [1.82, 2.24) is 15.5 Å². The van der Waals surface area contributed by atoms with E-state index in [-0.39, 0.29) is 18.9 Å². The Morgan fingerprint density at radius 3 is 2.70 bits per heavy atom. The number of hydrogen-bond donors (Lipinski definition) is 2. The highest BCUT2D eigenvalue weighted by Gasteiger charge is 2.29. The number of ether oxygens (including phenoxy) is 2. The number of hydrogen-bond acceptors (Lipinski definition) is 5. The second kappa shape index (κ2) is 9.47. The van der Waals surface area contributed by atoms with E-state index in [0.717, 1.165) is 5.56 Å². The maximum atomic E-state index is 12.8. The number of nitrogens with one attached hydrogen (secondary N) is 2. The zero-order chi connectivity index (χ0) is 21.5. The number of rotatable bonds is 6. The van der Waals surface area contributed by atoms with E-state index in [9.17, 15) is 14.4 Å². The molecule has 0 spiro atoms. The summed E-state index contributed by atoms with van der Waals surface area (Å²) in [7, 11) is 3.10. The van der Waals surface area contributed by atoms with Crippen LogP contribution < -0.4 is 20.1 Å². The molecule has 8 nitrogen and oxygen atoms in total. The molecular weight excluding hydrogens is 386 g/mol. The van der Waals surface area contributed by atoms with Crippen molar-refractivity contribution in [3.63, 3.8) is 0 Å². The molecule has 1 aliphatic heterocycles. The lowest BCUT2D eigenvalue weighted by atomic mass is 10.1. The molecule has 1 heterocycles. The van der Waals surface area contributed by atoms with Gasteiger partial charge < -0.3 is 19.7 Å². The molecule has 0 saturated heterocycles. The molecule has 0 radical (unpaired) electrons.